The average molecular weight is 288 g/mol. The van der Waals surface area contributed by atoms with Crippen molar-refractivity contribution in [3.63, 3.8) is 0 Å². The van der Waals surface area contributed by atoms with Gasteiger partial charge in [0.05, 0.1) is 6.21 Å². The highest BCUT2D eigenvalue weighted by Gasteiger charge is 2.11. The molecule has 0 aliphatic heterocycles. The largest absolute Gasteiger partial charge is 0.450 e. The molecule has 5 heteroatoms. The molecule has 0 radical (unpaired) electrons. The first kappa shape index (κ1) is 12.5. The molecule has 0 saturated carbocycles. The fourth-order valence-corrected chi connectivity index (χ4v) is 2.31. The number of anilines is 1. The van der Waals surface area contributed by atoms with Crippen molar-refractivity contribution in [1.82, 2.24) is 9.97 Å². The van der Waals surface area contributed by atoms with Crippen LogP contribution >= 0.6 is 0 Å². The number of benzene rings is 2. The van der Waals surface area contributed by atoms with Crippen LogP contribution in [0.2, 0.25) is 0 Å². The first-order valence-electron chi connectivity index (χ1n) is 6.88. The molecular formula is C17H12N4O. The van der Waals surface area contributed by atoms with Gasteiger partial charge in [0.25, 0.3) is 0 Å². The standard InChI is InChI=1S/C17H12N4O/c1-2-6-12(7-3-1)10-20-21-17-16-15(18-11-19-17)13-8-4-5-9-14(13)22-16/h1-11H,(H,18,19,21)/b20-10+. The van der Waals surface area contributed by atoms with Crippen molar-refractivity contribution in [1.29, 1.82) is 0 Å². The summed E-state index contributed by atoms with van der Waals surface area (Å²) in [6.07, 6.45) is 3.24. The number of fused-ring (bicyclic) bond motifs is 3. The molecule has 4 aromatic rings. The monoisotopic (exact) mass is 288 g/mol. The first-order valence-corrected chi connectivity index (χ1v) is 6.88. The van der Waals surface area contributed by atoms with Gasteiger partial charge in [0.1, 0.15) is 17.4 Å². The van der Waals surface area contributed by atoms with Crippen LogP contribution in [-0.2, 0) is 0 Å². The van der Waals surface area contributed by atoms with E-state index in [1.54, 1.807) is 6.21 Å². The zero-order valence-corrected chi connectivity index (χ0v) is 11.6. The Kier molecular flexibility index (Phi) is 3.01. The van der Waals surface area contributed by atoms with Crippen LogP contribution in [0.4, 0.5) is 5.82 Å². The van der Waals surface area contributed by atoms with Crippen LogP contribution in [0.5, 0.6) is 0 Å². The molecule has 2 aromatic heterocycles. The summed E-state index contributed by atoms with van der Waals surface area (Å²) in [5.74, 6) is 0.549. The van der Waals surface area contributed by atoms with E-state index in [1.807, 2.05) is 54.6 Å². The van der Waals surface area contributed by atoms with E-state index in [1.165, 1.54) is 6.33 Å². The first-order chi connectivity index (χ1) is 10.9. The smallest absolute Gasteiger partial charge is 0.197 e. The Hall–Kier alpha value is -3.21. The Morgan fingerprint density at radius 1 is 0.955 bits per heavy atom. The lowest BCUT2D eigenvalue weighted by Gasteiger charge is -1.98. The number of hydrogen-bond donors (Lipinski definition) is 1. The molecule has 0 aliphatic rings. The molecule has 0 atom stereocenters. The second kappa shape index (κ2) is 5.29. The van der Waals surface area contributed by atoms with E-state index in [-0.39, 0.29) is 0 Å². The molecule has 5 nitrogen and oxygen atoms in total. The van der Waals surface area contributed by atoms with Crippen molar-refractivity contribution in [3.8, 4) is 0 Å². The molecule has 1 N–H and O–H groups in total. The molecule has 0 aliphatic carbocycles. The highest BCUT2D eigenvalue weighted by molar-refractivity contribution is 6.05. The molecule has 0 amide bonds. The Bertz CT molecular complexity index is 960. The molecule has 0 bridgehead atoms. The number of para-hydroxylation sites is 1. The topological polar surface area (TPSA) is 63.3 Å². The fourth-order valence-electron chi connectivity index (χ4n) is 2.31. The van der Waals surface area contributed by atoms with E-state index in [2.05, 4.69) is 20.5 Å². The summed E-state index contributed by atoms with van der Waals surface area (Å²) in [6, 6.07) is 17.6. The lowest BCUT2D eigenvalue weighted by Crippen LogP contribution is -1.94. The Morgan fingerprint density at radius 2 is 1.77 bits per heavy atom. The summed E-state index contributed by atoms with van der Waals surface area (Å²) < 4.78 is 5.82. The number of aromatic nitrogens is 2. The summed E-state index contributed by atoms with van der Waals surface area (Å²) in [4.78, 5) is 8.50. The van der Waals surface area contributed by atoms with Crippen molar-refractivity contribution < 1.29 is 4.42 Å². The second-order valence-corrected chi connectivity index (χ2v) is 4.78. The minimum absolute atomic E-state index is 0.549. The summed E-state index contributed by atoms with van der Waals surface area (Å²) in [5.41, 5.74) is 6.10. The molecule has 106 valence electrons. The lowest BCUT2D eigenvalue weighted by molar-refractivity contribution is 0.667. The predicted molar refractivity (Wildman–Crippen MR) is 87.0 cm³/mol. The summed E-state index contributed by atoms with van der Waals surface area (Å²) in [6.45, 7) is 0. The number of rotatable bonds is 3. The summed E-state index contributed by atoms with van der Waals surface area (Å²) in [5, 5.41) is 5.17. The molecule has 22 heavy (non-hydrogen) atoms. The maximum Gasteiger partial charge on any atom is 0.197 e. The van der Waals surface area contributed by atoms with Gasteiger partial charge in [0.2, 0.25) is 0 Å². The van der Waals surface area contributed by atoms with Gasteiger partial charge in [-0.2, -0.15) is 5.10 Å². The van der Waals surface area contributed by atoms with Crippen molar-refractivity contribution in [3.05, 3.63) is 66.5 Å². The van der Waals surface area contributed by atoms with Crippen molar-refractivity contribution in [2.75, 3.05) is 5.43 Å². The van der Waals surface area contributed by atoms with E-state index >= 15 is 0 Å². The molecule has 0 unspecified atom stereocenters. The zero-order valence-electron chi connectivity index (χ0n) is 11.6. The highest BCUT2D eigenvalue weighted by atomic mass is 16.3. The van der Waals surface area contributed by atoms with E-state index in [4.69, 9.17) is 4.42 Å². The number of nitrogens with one attached hydrogen (secondary N) is 1. The molecular weight excluding hydrogens is 276 g/mol. The SMILES string of the molecule is C(=N\Nc1ncnc2c1oc1ccccc12)/c1ccccc1. The van der Waals surface area contributed by atoms with Gasteiger partial charge in [-0.25, -0.2) is 9.97 Å². The normalized spacial score (nSPS) is 11.5. The molecule has 0 fully saturated rings. The third-order valence-electron chi connectivity index (χ3n) is 3.34. The van der Waals surface area contributed by atoms with Gasteiger partial charge in [0.15, 0.2) is 11.4 Å². The van der Waals surface area contributed by atoms with E-state index in [9.17, 15) is 0 Å². The Balaban J connectivity index is 1.71. The third kappa shape index (κ3) is 2.18. The van der Waals surface area contributed by atoms with Gasteiger partial charge in [-0.1, -0.05) is 42.5 Å². The number of hydrogen-bond acceptors (Lipinski definition) is 5. The average Bonchev–Trinajstić information content (AvgIpc) is 2.96. The maximum atomic E-state index is 5.82. The third-order valence-corrected chi connectivity index (χ3v) is 3.34. The Morgan fingerprint density at radius 3 is 2.68 bits per heavy atom. The molecule has 0 spiro atoms. The van der Waals surface area contributed by atoms with Crippen LogP contribution in [0.3, 0.4) is 0 Å². The second-order valence-electron chi connectivity index (χ2n) is 4.78. The molecule has 4 rings (SSSR count). The van der Waals surface area contributed by atoms with Crippen LogP contribution in [0.25, 0.3) is 22.1 Å². The van der Waals surface area contributed by atoms with Gasteiger partial charge in [-0.3, -0.25) is 5.43 Å². The van der Waals surface area contributed by atoms with Gasteiger partial charge in [0, 0.05) is 5.39 Å². The van der Waals surface area contributed by atoms with Gasteiger partial charge in [-0.05, 0) is 17.7 Å². The summed E-state index contributed by atoms with van der Waals surface area (Å²) >= 11 is 0. The van der Waals surface area contributed by atoms with Gasteiger partial charge < -0.3 is 4.42 Å². The molecule has 2 heterocycles. The van der Waals surface area contributed by atoms with Crippen LogP contribution in [0.15, 0.2) is 70.4 Å². The van der Waals surface area contributed by atoms with Crippen molar-refractivity contribution in [2.24, 2.45) is 5.10 Å². The summed E-state index contributed by atoms with van der Waals surface area (Å²) in [7, 11) is 0. The maximum absolute atomic E-state index is 5.82. The van der Waals surface area contributed by atoms with Crippen LogP contribution < -0.4 is 5.43 Å². The van der Waals surface area contributed by atoms with Crippen molar-refractivity contribution >= 4 is 34.1 Å². The van der Waals surface area contributed by atoms with E-state index < -0.39 is 0 Å². The minimum Gasteiger partial charge on any atom is -0.450 e. The van der Waals surface area contributed by atoms with E-state index in [0.717, 1.165) is 22.0 Å². The lowest BCUT2D eigenvalue weighted by atomic mass is 10.2. The van der Waals surface area contributed by atoms with Crippen LogP contribution in [0, 0.1) is 0 Å². The van der Waals surface area contributed by atoms with Crippen molar-refractivity contribution in [2.45, 2.75) is 0 Å². The molecule has 0 saturated heterocycles. The number of furan rings is 1. The van der Waals surface area contributed by atoms with Gasteiger partial charge in [-0.15, -0.1) is 0 Å². The predicted octanol–water partition coefficient (Wildman–Crippen LogP) is 3.82. The van der Waals surface area contributed by atoms with Crippen LogP contribution in [-0.4, -0.2) is 16.2 Å². The number of nitrogens with zero attached hydrogens (tertiary/aromatic N) is 3. The number of hydrazone groups is 1. The Labute approximate surface area is 126 Å². The highest BCUT2D eigenvalue weighted by Crippen LogP contribution is 2.30. The van der Waals surface area contributed by atoms with E-state index in [0.29, 0.717) is 11.4 Å². The molecule has 2 aromatic carbocycles. The van der Waals surface area contributed by atoms with Crippen LogP contribution in [0.1, 0.15) is 5.56 Å². The zero-order chi connectivity index (χ0) is 14.8. The quantitative estimate of drug-likeness (QED) is 0.460. The minimum atomic E-state index is 0.549. The van der Waals surface area contributed by atoms with Gasteiger partial charge >= 0.3 is 0 Å². The fraction of sp³-hybridized carbons (Fsp3) is 0.